The van der Waals surface area contributed by atoms with Crippen LogP contribution in [0, 0.1) is 19.8 Å². The van der Waals surface area contributed by atoms with Crippen molar-refractivity contribution >= 4 is 11.9 Å². The fourth-order valence-electron chi connectivity index (χ4n) is 2.35. The minimum Gasteiger partial charge on any atom is -0.481 e. The zero-order chi connectivity index (χ0) is 17.0. The summed E-state index contributed by atoms with van der Waals surface area (Å²) in [5, 5.41) is 16.1. The average molecular weight is 315 g/mol. The summed E-state index contributed by atoms with van der Waals surface area (Å²) in [4.78, 5) is 23.5. The molecule has 2 rings (SSSR count). The predicted molar refractivity (Wildman–Crippen MR) is 86.3 cm³/mol. The van der Waals surface area contributed by atoms with E-state index in [0.717, 1.165) is 16.8 Å². The van der Waals surface area contributed by atoms with E-state index in [9.17, 15) is 14.7 Å². The highest BCUT2D eigenvalue weighted by atomic mass is 16.4. The smallest absolute Gasteiger partial charge is 0.308 e. The zero-order valence-electron chi connectivity index (χ0n) is 13.5. The molecule has 1 aromatic carbocycles. The van der Waals surface area contributed by atoms with E-state index in [4.69, 9.17) is 0 Å². The second-order valence-electron chi connectivity index (χ2n) is 5.73. The van der Waals surface area contributed by atoms with Crippen LogP contribution < -0.4 is 5.32 Å². The third-order valence-corrected chi connectivity index (χ3v) is 3.77. The molecule has 1 atom stereocenters. The molecule has 2 N–H and O–H groups in total. The van der Waals surface area contributed by atoms with Gasteiger partial charge >= 0.3 is 5.97 Å². The van der Waals surface area contributed by atoms with Crippen LogP contribution in [0.2, 0.25) is 0 Å². The SMILES string of the molecule is Cc1cccc(CC(CNC(=O)c2cc(C)n(C)n2)C(=O)O)c1. The highest BCUT2D eigenvalue weighted by molar-refractivity contribution is 5.92. The minimum absolute atomic E-state index is 0.0672. The van der Waals surface area contributed by atoms with E-state index in [-0.39, 0.29) is 12.5 Å². The van der Waals surface area contributed by atoms with Crippen LogP contribution >= 0.6 is 0 Å². The van der Waals surface area contributed by atoms with Crippen LogP contribution in [-0.4, -0.2) is 33.3 Å². The standard InChI is InChI=1S/C17H21N3O3/c1-11-5-4-6-13(7-11)9-14(17(22)23)10-18-16(21)15-8-12(2)20(3)19-15/h4-8,14H,9-10H2,1-3H3,(H,18,21)(H,22,23). The van der Waals surface area contributed by atoms with Gasteiger partial charge in [-0.3, -0.25) is 14.3 Å². The van der Waals surface area contributed by atoms with E-state index in [0.29, 0.717) is 12.1 Å². The Morgan fingerprint density at radius 3 is 2.61 bits per heavy atom. The zero-order valence-corrected chi connectivity index (χ0v) is 13.5. The molecule has 1 aromatic heterocycles. The first-order chi connectivity index (χ1) is 10.9. The second-order valence-corrected chi connectivity index (χ2v) is 5.73. The van der Waals surface area contributed by atoms with E-state index >= 15 is 0 Å². The third kappa shape index (κ3) is 4.42. The largest absolute Gasteiger partial charge is 0.481 e. The fourth-order valence-corrected chi connectivity index (χ4v) is 2.35. The number of aryl methyl sites for hydroxylation is 3. The normalized spacial score (nSPS) is 12.0. The Morgan fingerprint density at radius 1 is 1.30 bits per heavy atom. The molecule has 0 aliphatic heterocycles. The number of carboxylic acid groups (broad SMARTS) is 1. The van der Waals surface area contributed by atoms with Crippen LogP contribution in [0.4, 0.5) is 0 Å². The summed E-state index contributed by atoms with van der Waals surface area (Å²) in [6, 6.07) is 9.39. The fraction of sp³-hybridized carbons (Fsp3) is 0.353. The maximum Gasteiger partial charge on any atom is 0.308 e. The van der Waals surface area contributed by atoms with E-state index in [1.807, 2.05) is 38.1 Å². The maximum atomic E-state index is 12.1. The molecule has 0 fully saturated rings. The van der Waals surface area contributed by atoms with Crippen LogP contribution in [0.15, 0.2) is 30.3 Å². The Kier molecular flexibility index (Phi) is 5.16. The second kappa shape index (κ2) is 7.09. The Morgan fingerprint density at radius 2 is 2.04 bits per heavy atom. The Hall–Kier alpha value is -2.63. The lowest BCUT2D eigenvalue weighted by Gasteiger charge is -2.13. The van der Waals surface area contributed by atoms with Crippen LogP contribution in [0.25, 0.3) is 0 Å². The van der Waals surface area contributed by atoms with Gasteiger partial charge in [-0.15, -0.1) is 0 Å². The highest BCUT2D eigenvalue weighted by Crippen LogP contribution is 2.11. The molecule has 1 heterocycles. The summed E-state index contributed by atoms with van der Waals surface area (Å²) in [6.07, 6.45) is 0.374. The monoisotopic (exact) mass is 315 g/mol. The molecule has 0 aliphatic rings. The molecule has 6 nitrogen and oxygen atoms in total. The quantitative estimate of drug-likeness (QED) is 0.850. The summed E-state index contributed by atoms with van der Waals surface area (Å²) >= 11 is 0. The first-order valence-corrected chi connectivity index (χ1v) is 7.44. The molecule has 0 saturated heterocycles. The first-order valence-electron chi connectivity index (χ1n) is 7.44. The number of benzene rings is 1. The van der Waals surface area contributed by atoms with Crippen molar-refractivity contribution in [3.05, 3.63) is 52.8 Å². The molecule has 0 bridgehead atoms. The molecule has 1 unspecified atom stereocenters. The van der Waals surface area contributed by atoms with E-state index in [2.05, 4.69) is 10.4 Å². The van der Waals surface area contributed by atoms with Crippen molar-refractivity contribution in [3.8, 4) is 0 Å². The number of hydrogen-bond donors (Lipinski definition) is 2. The lowest BCUT2D eigenvalue weighted by atomic mass is 9.98. The number of carboxylic acids is 1. The van der Waals surface area contributed by atoms with Gasteiger partial charge in [-0.2, -0.15) is 5.10 Å². The number of rotatable bonds is 6. The number of nitrogens with one attached hydrogen (secondary N) is 1. The lowest BCUT2D eigenvalue weighted by Crippen LogP contribution is -2.34. The summed E-state index contributed by atoms with van der Waals surface area (Å²) in [6.45, 7) is 3.88. The number of aliphatic carboxylic acids is 1. The Labute approximate surface area is 135 Å². The van der Waals surface area contributed by atoms with E-state index in [1.165, 1.54) is 0 Å². The molecule has 0 saturated carbocycles. The number of hydrogen-bond acceptors (Lipinski definition) is 3. The third-order valence-electron chi connectivity index (χ3n) is 3.77. The van der Waals surface area contributed by atoms with Gasteiger partial charge in [0.15, 0.2) is 0 Å². The van der Waals surface area contributed by atoms with Gasteiger partial charge in [0.1, 0.15) is 5.69 Å². The molecule has 23 heavy (non-hydrogen) atoms. The molecule has 0 radical (unpaired) electrons. The molecule has 0 spiro atoms. The number of carbonyl (C=O) groups is 2. The van der Waals surface area contributed by atoms with Crippen molar-refractivity contribution in [2.24, 2.45) is 13.0 Å². The van der Waals surface area contributed by atoms with Crippen molar-refractivity contribution in [1.82, 2.24) is 15.1 Å². The number of carbonyl (C=O) groups excluding carboxylic acids is 1. The molecular formula is C17H21N3O3. The predicted octanol–water partition coefficient (Wildman–Crippen LogP) is 1.71. The van der Waals surface area contributed by atoms with Gasteiger partial charge in [-0.05, 0) is 31.9 Å². The Balaban J connectivity index is 1.99. The highest BCUT2D eigenvalue weighted by Gasteiger charge is 2.20. The first kappa shape index (κ1) is 16.7. The van der Waals surface area contributed by atoms with Gasteiger partial charge in [0, 0.05) is 19.3 Å². The van der Waals surface area contributed by atoms with Crippen LogP contribution in [0.3, 0.4) is 0 Å². The summed E-state index contributed by atoms with van der Waals surface area (Å²) in [5.41, 5.74) is 3.19. The van der Waals surface area contributed by atoms with Gasteiger partial charge in [0.2, 0.25) is 0 Å². The maximum absolute atomic E-state index is 12.1. The summed E-state index contributed by atoms with van der Waals surface area (Å²) in [7, 11) is 1.75. The topological polar surface area (TPSA) is 84.2 Å². The van der Waals surface area contributed by atoms with Crippen molar-refractivity contribution in [1.29, 1.82) is 0 Å². The van der Waals surface area contributed by atoms with Crippen molar-refractivity contribution < 1.29 is 14.7 Å². The Bertz CT molecular complexity index is 702. The van der Waals surface area contributed by atoms with Gasteiger partial charge < -0.3 is 10.4 Å². The molecule has 2 aromatic rings. The molecular weight excluding hydrogens is 294 g/mol. The summed E-state index contributed by atoms with van der Waals surface area (Å²) in [5.74, 6) is -1.96. The van der Waals surface area contributed by atoms with E-state index in [1.54, 1.807) is 17.8 Å². The molecule has 122 valence electrons. The van der Waals surface area contributed by atoms with Crippen molar-refractivity contribution in [3.63, 3.8) is 0 Å². The van der Waals surface area contributed by atoms with E-state index < -0.39 is 11.9 Å². The molecule has 0 aliphatic carbocycles. The van der Waals surface area contributed by atoms with Gasteiger partial charge in [0.05, 0.1) is 5.92 Å². The van der Waals surface area contributed by atoms with Crippen molar-refractivity contribution in [2.45, 2.75) is 20.3 Å². The summed E-state index contributed by atoms with van der Waals surface area (Å²) < 4.78 is 1.61. The van der Waals surface area contributed by atoms with Gasteiger partial charge in [-0.1, -0.05) is 29.8 Å². The molecule has 6 heteroatoms. The van der Waals surface area contributed by atoms with Crippen molar-refractivity contribution in [2.75, 3.05) is 6.54 Å². The van der Waals surface area contributed by atoms with Crippen LogP contribution in [0.5, 0.6) is 0 Å². The van der Waals surface area contributed by atoms with Crippen LogP contribution in [-0.2, 0) is 18.3 Å². The van der Waals surface area contributed by atoms with Gasteiger partial charge in [0.25, 0.3) is 5.91 Å². The average Bonchev–Trinajstić information content (AvgIpc) is 2.82. The number of nitrogens with zero attached hydrogens (tertiary/aromatic N) is 2. The molecule has 1 amide bonds. The minimum atomic E-state index is -0.927. The number of aromatic nitrogens is 2. The van der Waals surface area contributed by atoms with Gasteiger partial charge in [-0.25, -0.2) is 0 Å². The van der Waals surface area contributed by atoms with Crippen LogP contribution in [0.1, 0.15) is 27.3 Å². The lowest BCUT2D eigenvalue weighted by molar-refractivity contribution is -0.141. The number of amides is 1.